The zero-order valence-electron chi connectivity index (χ0n) is 13.7. The van der Waals surface area contributed by atoms with Crippen molar-refractivity contribution in [3.8, 4) is 0 Å². The number of ether oxygens (including phenoxy) is 1. The molecule has 1 saturated heterocycles. The molecule has 1 aliphatic rings. The molecular formula is C16H21ClN6O. The smallest absolute Gasteiger partial charge is 0.247 e. The molecule has 2 heterocycles. The van der Waals surface area contributed by atoms with E-state index in [0.717, 1.165) is 36.9 Å². The van der Waals surface area contributed by atoms with Crippen LogP contribution in [-0.2, 0) is 4.74 Å². The van der Waals surface area contributed by atoms with Crippen molar-refractivity contribution < 1.29 is 4.74 Å². The molecule has 0 amide bonds. The third kappa shape index (κ3) is 4.24. The van der Waals surface area contributed by atoms with Crippen molar-refractivity contribution in [1.82, 2.24) is 15.2 Å². The molecule has 0 atom stereocenters. The Morgan fingerprint density at radius 1 is 1.21 bits per heavy atom. The number of piperazine rings is 1. The number of methoxy groups -OCH3 is 1. The average Bonchev–Trinajstić information content (AvgIpc) is 2.62. The van der Waals surface area contributed by atoms with Crippen LogP contribution in [0.25, 0.3) is 0 Å². The summed E-state index contributed by atoms with van der Waals surface area (Å²) < 4.78 is 5.02. The van der Waals surface area contributed by atoms with Gasteiger partial charge in [-0.3, -0.25) is 0 Å². The minimum absolute atomic E-state index is 0.623. The van der Waals surface area contributed by atoms with Crippen LogP contribution in [0.2, 0.25) is 5.02 Å². The second-order valence-electron chi connectivity index (χ2n) is 5.52. The van der Waals surface area contributed by atoms with E-state index >= 15 is 0 Å². The zero-order valence-corrected chi connectivity index (χ0v) is 14.4. The normalized spacial score (nSPS) is 14.8. The highest BCUT2D eigenvalue weighted by atomic mass is 35.5. The van der Waals surface area contributed by atoms with Crippen LogP contribution in [0.1, 0.15) is 0 Å². The van der Waals surface area contributed by atoms with E-state index in [1.165, 1.54) is 0 Å². The van der Waals surface area contributed by atoms with E-state index in [2.05, 4.69) is 36.4 Å². The fraction of sp³-hybridized carbons (Fsp3) is 0.438. The van der Waals surface area contributed by atoms with Crippen molar-refractivity contribution in [2.75, 3.05) is 61.6 Å². The standard InChI is InChI=1S/C16H21ClN6O/c1-24-10-5-18-15-12-19-21-16(20-15)23-8-6-22(7-9-23)14-4-2-3-13(17)11-14/h2-4,11-12H,5-10H2,1H3,(H,18,20,21). The van der Waals surface area contributed by atoms with Crippen molar-refractivity contribution in [1.29, 1.82) is 0 Å². The summed E-state index contributed by atoms with van der Waals surface area (Å²) in [6.07, 6.45) is 1.63. The van der Waals surface area contributed by atoms with Crippen molar-refractivity contribution in [3.05, 3.63) is 35.5 Å². The molecule has 7 nitrogen and oxygen atoms in total. The summed E-state index contributed by atoms with van der Waals surface area (Å²) in [6, 6.07) is 7.95. The zero-order chi connectivity index (χ0) is 16.8. The monoisotopic (exact) mass is 348 g/mol. The van der Waals surface area contributed by atoms with E-state index < -0.39 is 0 Å². The first-order chi connectivity index (χ1) is 11.8. The molecule has 1 aromatic heterocycles. The molecule has 0 aliphatic carbocycles. The van der Waals surface area contributed by atoms with Gasteiger partial charge in [-0.15, -0.1) is 5.10 Å². The van der Waals surface area contributed by atoms with Crippen molar-refractivity contribution in [2.45, 2.75) is 0 Å². The lowest BCUT2D eigenvalue weighted by Crippen LogP contribution is -2.47. The van der Waals surface area contributed by atoms with Gasteiger partial charge in [0.25, 0.3) is 0 Å². The van der Waals surface area contributed by atoms with Gasteiger partial charge < -0.3 is 19.9 Å². The van der Waals surface area contributed by atoms with Gasteiger partial charge in [-0.25, -0.2) is 0 Å². The van der Waals surface area contributed by atoms with Crippen molar-refractivity contribution in [2.24, 2.45) is 0 Å². The molecule has 8 heteroatoms. The van der Waals surface area contributed by atoms with Crippen LogP contribution >= 0.6 is 11.6 Å². The lowest BCUT2D eigenvalue weighted by atomic mass is 10.2. The van der Waals surface area contributed by atoms with E-state index in [0.29, 0.717) is 24.9 Å². The maximum Gasteiger partial charge on any atom is 0.247 e. The molecule has 24 heavy (non-hydrogen) atoms. The van der Waals surface area contributed by atoms with Gasteiger partial charge in [0.15, 0.2) is 5.82 Å². The first-order valence-electron chi connectivity index (χ1n) is 7.94. The average molecular weight is 349 g/mol. The molecule has 3 rings (SSSR count). The Morgan fingerprint density at radius 2 is 2.00 bits per heavy atom. The van der Waals surface area contributed by atoms with E-state index in [4.69, 9.17) is 16.3 Å². The van der Waals surface area contributed by atoms with Crippen LogP contribution < -0.4 is 15.1 Å². The third-order valence-corrected chi connectivity index (χ3v) is 4.13. The first kappa shape index (κ1) is 16.7. The van der Waals surface area contributed by atoms with E-state index in [9.17, 15) is 0 Å². The molecular weight excluding hydrogens is 328 g/mol. The molecule has 0 spiro atoms. The summed E-state index contributed by atoms with van der Waals surface area (Å²) in [6.45, 7) is 4.79. The largest absolute Gasteiger partial charge is 0.383 e. The van der Waals surface area contributed by atoms with Gasteiger partial charge in [-0.2, -0.15) is 10.1 Å². The Hall–Kier alpha value is -2.12. The minimum Gasteiger partial charge on any atom is -0.383 e. The number of hydrogen-bond acceptors (Lipinski definition) is 7. The molecule has 1 aliphatic heterocycles. The Kier molecular flexibility index (Phi) is 5.66. The van der Waals surface area contributed by atoms with E-state index in [-0.39, 0.29) is 0 Å². The number of hydrogen-bond donors (Lipinski definition) is 1. The summed E-state index contributed by atoms with van der Waals surface area (Å²) in [7, 11) is 1.67. The number of rotatable bonds is 6. The topological polar surface area (TPSA) is 66.4 Å². The Labute approximate surface area is 146 Å². The maximum atomic E-state index is 6.08. The highest BCUT2D eigenvalue weighted by Gasteiger charge is 2.20. The molecule has 0 radical (unpaired) electrons. The molecule has 2 aromatic rings. The number of nitrogens with one attached hydrogen (secondary N) is 1. The predicted octanol–water partition coefficient (Wildman–Crippen LogP) is 1.91. The summed E-state index contributed by atoms with van der Waals surface area (Å²) >= 11 is 6.08. The Balaban J connectivity index is 1.59. The summed E-state index contributed by atoms with van der Waals surface area (Å²) in [4.78, 5) is 8.99. The molecule has 1 fully saturated rings. The van der Waals surface area contributed by atoms with Gasteiger partial charge in [0.2, 0.25) is 5.95 Å². The van der Waals surface area contributed by atoms with Crippen LogP contribution in [0, 0.1) is 0 Å². The highest BCUT2D eigenvalue weighted by Crippen LogP contribution is 2.21. The lowest BCUT2D eigenvalue weighted by Gasteiger charge is -2.36. The maximum absolute atomic E-state index is 6.08. The summed E-state index contributed by atoms with van der Waals surface area (Å²) in [5.74, 6) is 1.37. The molecule has 1 aromatic carbocycles. The van der Waals surface area contributed by atoms with Gasteiger partial charge in [-0.1, -0.05) is 17.7 Å². The van der Waals surface area contributed by atoms with Gasteiger partial charge in [0.05, 0.1) is 12.8 Å². The predicted molar refractivity (Wildman–Crippen MR) is 96.1 cm³/mol. The highest BCUT2D eigenvalue weighted by molar-refractivity contribution is 6.30. The number of halogens is 1. The molecule has 1 N–H and O–H groups in total. The third-order valence-electron chi connectivity index (χ3n) is 3.90. The number of benzene rings is 1. The summed E-state index contributed by atoms with van der Waals surface area (Å²) in [5.41, 5.74) is 1.15. The van der Waals surface area contributed by atoms with Crippen LogP contribution in [0.15, 0.2) is 30.5 Å². The van der Waals surface area contributed by atoms with Crippen molar-refractivity contribution >= 4 is 29.1 Å². The minimum atomic E-state index is 0.623. The lowest BCUT2D eigenvalue weighted by molar-refractivity contribution is 0.210. The number of anilines is 3. The molecule has 0 saturated carbocycles. The van der Waals surface area contributed by atoms with Crippen LogP contribution in [-0.4, -0.2) is 61.6 Å². The Morgan fingerprint density at radius 3 is 2.75 bits per heavy atom. The molecule has 0 bridgehead atoms. The van der Waals surface area contributed by atoms with E-state index in [1.54, 1.807) is 13.3 Å². The Bertz CT molecular complexity index is 663. The first-order valence-corrected chi connectivity index (χ1v) is 8.32. The van der Waals surface area contributed by atoms with Gasteiger partial charge in [-0.05, 0) is 18.2 Å². The van der Waals surface area contributed by atoms with Crippen LogP contribution in [0.3, 0.4) is 0 Å². The van der Waals surface area contributed by atoms with Crippen LogP contribution in [0.4, 0.5) is 17.5 Å². The van der Waals surface area contributed by atoms with Gasteiger partial charge in [0, 0.05) is 50.5 Å². The van der Waals surface area contributed by atoms with Gasteiger partial charge in [0.1, 0.15) is 0 Å². The second kappa shape index (κ2) is 8.12. The number of nitrogens with zero attached hydrogens (tertiary/aromatic N) is 5. The molecule has 0 unspecified atom stereocenters. The van der Waals surface area contributed by atoms with Crippen LogP contribution in [0.5, 0.6) is 0 Å². The number of aromatic nitrogens is 3. The fourth-order valence-electron chi connectivity index (χ4n) is 2.63. The van der Waals surface area contributed by atoms with Crippen molar-refractivity contribution in [3.63, 3.8) is 0 Å². The fourth-order valence-corrected chi connectivity index (χ4v) is 2.82. The summed E-state index contributed by atoms with van der Waals surface area (Å²) in [5, 5.41) is 12.1. The van der Waals surface area contributed by atoms with Gasteiger partial charge >= 0.3 is 0 Å². The SMILES string of the molecule is COCCNc1cnnc(N2CCN(c3cccc(Cl)c3)CC2)n1. The van der Waals surface area contributed by atoms with E-state index in [1.807, 2.05) is 18.2 Å². The second-order valence-corrected chi connectivity index (χ2v) is 5.95. The molecule has 128 valence electrons. The quantitative estimate of drug-likeness (QED) is 0.800.